The van der Waals surface area contributed by atoms with Crippen molar-refractivity contribution in [2.45, 2.75) is 32.6 Å². The molecule has 0 N–H and O–H groups in total. The van der Waals surface area contributed by atoms with E-state index in [1.165, 1.54) is 115 Å². The van der Waals surface area contributed by atoms with Gasteiger partial charge >= 0.3 is 0 Å². The molecule has 0 amide bonds. The molecule has 5 nitrogen and oxygen atoms in total. The molecule has 0 aliphatic heterocycles. The Morgan fingerprint density at radius 2 is 0.817 bits per heavy atom. The largest absolute Gasteiger partial charge is 0.456 e. The first kappa shape index (κ1) is 54.3. The van der Waals surface area contributed by atoms with E-state index < -0.39 is 0 Å². The number of hydrogen-bond acceptors (Lipinski definition) is 1. The minimum atomic E-state index is 0.414. The number of allylic oxidation sites excluding steroid dienone is 4. The summed E-state index contributed by atoms with van der Waals surface area (Å²) in [5.74, 6) is 0.414. The molecular weight excluding hydrogens is 1130 g/mol. The molecule has 0 bridgehead atoms. The second kappa shape index (κ2) is 21.8. The zero-order valence-electron chi connectivity index (χ0n) is 51.7. The molecule has 18 rings (SSSR count). The van der Waals surface area contributed by atoms with Crippen LogP contribution in [0.25, 0.3) is 155 Å². The molecular formula is C88H64N4O. The van der Waals surface area contributed by atoms with Crippen LogP contribution >= 0.6 is 0 Å². The Bertz CT molecular complexity index is 5990. The Morgan fingerprint density at radius 1 is 0.366 bits per heavy atom. The van der Waals surface area contributed by atoms with Gasteiger partial charge in [0.2, 0.25) is 0 Å². The van der Waals surface area contributed by atoms with Crippen molar-refractivity contribution in [3.8, 4) is 45.0 Å². The van der Waals surface area contributed by atoms with Gasteiger partial charge < -0.3 is 22.7 Å². The van der Waals surface area contributed by atoms with Crippen molar-refractivity contribution in [1.82, 2.24) is 18.3 Å². The Balaban J connectivity index is 0.672. The van der Waals surface area contributed by atoms with Crippen molar-refractivity contribution in [3.63, 3.8) is 0 Å². The number of fused-ring (bicyclic) bond motifs is 15. The average Bonchev–Trinajstić information content (AvgIpc) is 1.63. The fourth-order valence-electron chi connectivity index (χ4n) is 15.4. The highest BCUT2D eigenvalue weighted by Gasteiger charge is 2.26. The topological polar surface area (TPSA) is 32.9 Å². The van der Waals surface area contributed by atoms with Crippen LogP contribution in [-0.4, -0.2) is 18.3 Å². The Labute approximate surface area is 539 Å². The van der Waals surface area contributed by atoms with Crippen molar-refractivity contribution in [2.24, 2.45) is 5.92 Å². The molecule has 442 valence electrons. The summed E-state index contributed by atoms with van der Waals surface area (Å²) in [5, 5.41) is 10.9. The first-order valence-electron chi connectivity index (χ1n) is 32.5. The normalized spacial score (nSPS) is 13.5. The highest BCUT2D eigenvalue weighted by molar-refractivity contribution is 6.14. The third kappa shape index (κ3) is 8.90. The van der Waals surface area contributed by atoms with Crippen molar-refractivity contribution >= 4 is 110 Å². The van der Waals surface area contributed by atoms with E-state index in [1.807, 2.05) is 12.2 Å². The summed E-state index contributed by atoms with van der Waals surface area (Å²) >= 11 is 0. The first-order chi connectivity index (χ1) is 45.9. The molecule has 1 aliphatic rings. The number of rotatable bonds is 13. The predicted molar refractivity (Wildman–Crippen MR) is 393 cm³/mol. The summed E-state index contributed by atoms with van der Waals surface area (Å²) in [7, 11) is 0. The first-order valence-corrected chi connectivity index (χ1v) is 32.5. The van der Waals surface area contributed by atoms with E-state index in [0.29, 0.717) is 5.92 Å². The lowest BCUT2D eigenvalue weighted by atomic mass is 9.85. The lowest BCUT2D eigenvalue weighted by molar-refractivity contribution is 0.639. The van der Waals surface area contributed by atoms with Gasteiger partial charge in [-0.05, 0) is 210 Å². The summed E-state index contributed by atoms with van der Waals surface area (Å²) in [6.07, 6.45) is 14.5. The molecule has 5 heterocycles. The number of nitrogens with zero attached hydrogens (tertiary/aromatic N) is 4. The number of para-hydroxylation sites is 4. The van der Waals surface area contributed by atoms with Crippen LogP contribution < -0.4 is 0 Å². The zero-order valence-corrected chi connectivity index (χ0v) is 51.7. The van der Waals surface area contributed by atoms with Crippen LogP contribution in [0.4, 0.5) is 0 Å². The minimum absolute atomic E-state index is 0.414. The Hall–Kier alpha value is -11.7. The number of aromatic nitrogens is 4. The molecule has 1 aliphatic carbocycles. The average molecular weight is 1190 g/mol. The Kier molecular flexibility index (Phi) is 12.7. The second-order valence-electron chi connectivity index (χ2n) is 25.3. The minimum Gasteiger partial charge on any atom is -0.456 e. The van der Waals surface area contributed by atoms with Gasteiger partial charge in [0.15, 0.2) is 0 Å². The van der Waals surface area contributed by atoms with Gasteiger partial charge in [0.05, 0.1) is 38.6 Å². The molecule has 0 spiro atoms. The van der Waals surface area contributed by atoms with Crippen LogP contribution in [0.15, 0.2) is 302 Å². The van der Waals surface area contributed by atoms with E-state index in [-0.39, 0.29) is 0 Å². The molecule has 0 saturated heterocycles. The molecule has 1 unspecified atom stereocenters. The third-order valence-electron chi connectivity index (χ3n) is 19.8. The quantitative estimate of drug-likeness (QED) is 0.106. The number of benzene rings is 12. The van der Waals surface area contributed by atoms with Crippen LogP contribution in [0, 0.1) is 5.92 Å². The molecule has 0 radical (unpaired) electrons. The smallest absolute Gasteiger partial charge is 0.135 e. The van der Waals surface area contributed by atoms with Crippen LogP contribution in [0.1, 0.15) is 41.3 Å². The van der Waals surface area contributed by atoms with Gasteiger partial charge in [-0.1, -0.05) is 164 Å². The Morgan fingerprint density at radius 3 is 1.43 bits per heavy atom. The van der Waals surface area contributed by atoms with Crippen molar-refractivity contribution < 1.29 is 4.42 Å². The predicted octanol–water partition coefficient (Wildman–Crippen LogP) is 23.3. The summed E-state index contributed by atoms with van der Waals surface area (Å²) in [6, 6.07) is 96.3. The summed E-state index contributed by atoms with van der Waals surface area (Å²) < 4.78 is 16.3. The van der Waals surface area contributed by atoms with Gasteiger partial charge in [0.1, 0.15) is 11.2 Å². The molecule has 5 heteroatoms. The molecule has 1 atom stereocenters. The molecule has 12 aromatic carbocycles. The van der Waals surface area contributed by atoms with Crippen LogP contribution in [0.2, 0.25) is 0 Å². The van der Waals surface area contributed by atoms with Crippen molar-refractivity contribution in [2.75, 3.05) is 0 Å². The highest BCUT2D eigenvalue weighted by Crippen LogP contribution is 2.44. The van der Waals surface area contributed by atoms with E-state index in [9.17, 15) is 0 Å². The van der Waals surface area contributed by atoms with Crippen LogP contribution in [0.3, 0.4) is 0 Å². The molecule has 0 fully saturated rings. The molecule has 5 aromatic heterocycles. The summed E-state index contributed by atoms with van der Waals surface area (Å²) in [5.41, 5.74) is 27.2. The molecule has 93 heavy (non-hydrogen) atoms. The van der Waals surface area contributed by atoms with Crippen molar-refractivity contribution in [1.29, 1.82) is 0 Å². The van der Waals surface area contributed by atoms with Gasteiger partial charge in [-0.25, -0.2) is 0 Å². The van der Waals surface area contributed by atoms with E-state index in [2.05, 4.69) is 317 Å². The zero-order chi connectivity index (χ0) is 61.8. The lowest BCUT2D eigenvalue weighted by Crippen LogP contribution is -2.12. The molecule has 0 saturated carbocycles. The maximum atomic E-state index is 6.62. The van der Waals surface area contributed by atoms with Crippen LogP contribution in [-0.2, 0) is 19.3 Å². The van der Waals surface area contributed by atoms with Gasteiger partial charge in [-0.3, -0.25) is 0 Å². The van der Waals surface area contributed by atoms with Crippen molar-refractivity contribution in [3.05, 3.63) is 326 Å². The van der Waals surface area contributed by atoms with Gasteiger partial charge in [-0.2, -0.15) is 0 Å². The summed E-state index contributed by atoms with van der Waals surface area (Å²) in [6.45, 7) is 10.5. The molecule has 17 aromatic rings. The highest BCUT2D eigenvalue weighted by atomic mass is 16.3. The van der Waals surface area contributed by atoms with E-state index in [0.717, 1.165) is 87.1 Å². The fourth-order valence-corrected chi connectivity index (χ4v) is 15.4. The lowest BCUT2D eigenvalue weighted by Gasteiger charge is -2.22. The maximum absolute atomic E-state index is 6.62. The number of hydrogen-bond donors (Lipinski definition) is 0. The standard InChI is InChI=1S/C88H64N4O/c1-4-18-57-32-39-82-72(48-57)76-50-60(19-5-2)56(3)46-86(76)92(82)68-38-45-88-78(55-68)77-54-64(37-44-87(77)93-88)63-36-43-85-75(53-63)71-49-59(33-40-81(71)90(85)66-25-10-7-11-26-66)21-16-20-58-22-17-27-67(47-58)91-80-31-15-13-29-70(80)74-52-62(35-42-84(74)91)61-34-41-83-73(51-61)69-28-12-14-30-79(69)89(83)65-23-8-6-9-24-65/h4-17,20,22-45,47-56H,1-2,18-19,21,46H2,3H3/b20-16+. The number of furan rings is 1. The fraction of sp³-hybridized carbons (Fsp3) is 0.0682. The van der Waals surface area contributed by atoms with Gasteiger partial charge in [0.25, 0.3) is 0 Å². The van der Waals surface area contributed by atoms with Gasteiger partial charge in [0, 0.05) is 82.5 Å². The summed E-state index contributed by atoms with van der Waals surface area (Å²) in [4.78, 5) is 0. The third-order valence-corrected chi connectivity index (χ3v) is 19.8. The SMILES string of the molecule is C=CCC1=Cc2c(n(-c3ccc4oc5ccc(-c6ccc7c(c6)c6cc(C/C=C/c8cccc(-n9c%10ccccc%10c%10cc(-c%11ccc%12c(c%11)c%11ccccc%11n%12-c%11ccccc%11)ccc%109)c8)ccc6n7-c6ccccc6)cc5c4c3)c3ccc(CC=C)cc23)CC1C. The van der Waals surface area contributed by atoms with Gasteiger partial charge in [-0.15, -0.1) is 13.2 Å². The monoisotopic (exact) mass is 1190 g/mol. The van der Waals surface area contributed by atoms with E-state index in [1.54, 1.807) is 0 Å². The van der Waals surface area contributed by atoms with E-state index in [4.69, 9.17) is 4.42 Å². The van der Waals surface area contributed by atoms with E-state index >= 15 is 0 Å². The second-order valence-corrected chi connectivity index (χ2v) is 25.3. The maximum Gasteiger partial charge on any atom is 0.135 e. The van der Waals surface area contributed by atoms with Crippen LogP contribution in [0.5, 0.6) is 0 Å².